The molecule has 0 radical (unpaired) electrons. The molecule has 14 heavy (non-hydrogen) atoms. The molecular weight excluding hydrogens is 182 g/mol. The zero-order valence-corrected chi connectivity index (χ0v) is 8.06. The standard InChI is InChI=1S/C10H11NO3/c1-8(11-13-2)10(12)14-9-6-4-3-5-7-9/h3-7H,1-2H3. The second-order valence-corrected chi connectivity index (χ2v) is 2.56. The lowest BCUT2D eigenvalue weighted by Gasteiger charge is -2.02. The fourth-order valence-electron chi connectivity index (χ4n) is 0.844. The Morgan fingerprint density at radius 1 is 1.29 bits per heavy atom. The van der Waals surface area contributed by atoms with E-state index in [-0.39, 0.29) is 5.71 Å². The quantitative estimate of drug-likeness (QED) is 0.317. The molecule has 0 aliphatic carbocycles. The van der Waals surface area contributed by atoms with E-state index in [1.807, 2.05) is 6.07 Å². The first kappa shape index (κ1) is 10.2. The van der Waals surface area contributed by atoms with Crippen LogP contribution in [0.3, 0.4) is 0 Å². The van der Waals surface area contributed by atoms with E-state index in [4.69, 9.17) is 4.74 Å². The molecule has 4 nitrogen and oxygen atoms in total. The number of hydrogen-bond acceptors (Lipinski definition) is 4. The predicted octanol–water partition coefficient (Wildman–Crippen LogP) is 1.61. The molecule has 0 heterocycles. The molecule has 1 aromatic carbocycles. The predicted molar refractivity (Wildman–Crippen MR) is 52.2 cm³/mol. The molecule has 0 saturated carbocycles. The highest BCUT2D eigenvalue weighted by atomic mass is 16.6. The Hall–Kier alpha value is -1.84. The molecule has 0 saturated heterocycles. The van der Waals surface area contributed by atoms with Gasteiger partial charge in [0.15, 0.2) is 5.71 Å². The van der Waals surface area contributed by atoms with Crippen molar-refractivity contribution in [1.82, 2.24) is 0 Å². The number of carbonyl (C=O) groups is 1. The van der Waals surface area contributed by atoms with Gasteiger partial charge in [0.2, 0.25) is 0 Å². The second-order valence-electron chi connectivity index (χ2n) is 2.56. The van der Waals surface area contributed by atoms with Gasteiger partial charge in [-0.1, -0.05) is 23.4 Å². The summed E-state index contributed by atoms with van der Waals surface area (Å²) < 4.78 is 4.98. The first-order valence-electron chi connectivity index (χ1n) is 4.09. The number of oxime groups is 1. The molecule has 0 spiro atoms. The summed E-state index contributed by atoms with van der Waals surface area (Å²) in [7, 11) is 1.37. The first-order valence-corrected chi connectivity index (χ1v) is 4.09. The average molecular weight is 193 g/mol. The molecule has 0 amide bonds. The van der Waals surface area contributed by atoms with Gasteiger partial charge in [0.25, 0.3) is 0 Å². The third-order valence-corrected chi connectivity index (χ3v) is 1.48. The maximum Gasteiger partial charge on any atom is 0.361 e. The second kappa shape index (κ2) is 5.01. The van der Waals surface area contributed by atoms with Crippen molar-refractivity contribution in [2.75, 3.05) is 7.11 Å². The van der Waals surface area contributed by atoms with Crippen LogP contribution in [0, 0.1) is 0 Å². The minimum atomic E-state index is -0.516. The third-order valence-electron chi connectivity index (χ3n) is 1.48. The van der Waals surface area contributed by atoms with E-state index in [1.54, 1.807) is 24.3 Å². The molecule has 1 rings (SSSR count). The first-order chi connectivity index (χ1) is 6.74. The Labute approximate surface area is 82.1 Å². The molecule has 0 N–H and O–H groups in total. The largest absolute Gasteiger partial charge is 0.422 e. The van der Waals surface area contributed by atoms with Crippen molar-refractivity contribution in [3.63, 3.8) is 0 Å². The maximum atomic E-state index is 11.3. The Balaban J connectivity index is 2.62. The molecule has 74 valence electrons. The van der Waals surface area contributed by atoms with E-state index in [0.29, 0.717) is 5.75 Å². The fraction of sp³-hybridized carbons (Fsp3) is 0.200. The smallest absolute Gasteiger partial charge is 0.361 e. The van der Waals surface area contributed by atoms with Gasteiger partial charge in [-0.05, 0) is 19.1 Å². The molecule has 0 aliphatic heterocycles. The van der Waals surface area contributed by atoms with E-state index < -0.39 is 5.97 Å². The van der Waals surface area contributed by atoms with E-state index in [2.05, 4.69) is 9.99 Å². The number of ether oxygens (including phenoxy) is 1. The highest BCUT2D eigenvalue weighted by molar-refractivity contribution is 6.35. The van der Waals surface area contributed by atoms with Crippen LogP contribution in [-0.4, -0.2) is 18.8 Å². The van der Waals surface area contributed by atoms with Crippen LogP contribution in [0.4, 0.5) is 0 Å². The van der Waals surface area contributed by atoms with Crippen LogP contribution in [0.15, 0.2) is 35.5 Å². The number of rotatable bonds is 3. The lowest BCUT2D eigenvalue weighted by atomic mass is 10.3. The van der Waals surface area contributed by atoms with Gasteiger partial charge < -0.3 is 9.57 Å². The average Bonchev–Trinajstić information content (AvgIpc) is 2.19. The number of nitrogens with zero attached hydrogens (tertiary/aromatic N) is 1. The van der Waals surface area contributed by atoms with Gasteiger partial charge in [-0.15, -0.1) is 0 Å². The van der Waals surface area contributed by atoms with Crippen molar-refractivity contribution in [1.29, 1.82) is 0 Å². The lowest BCUT2D eigenvalue weighted by molar-refractivity contribution is -0.127. The van der Waals surface area contributed by atoms with Crippen molar-refractivity contribution in [2.24, 2.45) is 5.16 Å². The Morgan fingerprint density at radius 2 is 1.93 bits per heavy atom. The van der Waals surface area contributed by atoms with E-state index >= 15 is 0 Å². The monoisotopic (exact) mass is 193 g/mol. The number of esters is 1. The van der Waals surface area contributed by atoms with Crippen molar-refractivity contribution in [3.05, 3.63) is 30.3 Å². The van der Waals surface area contributed by atoms with E-state index in [1.165, 1.54) is 14.0 Å². The Bertz CT molecular complexity index is 332. The van der Waals surface area contributed by atoms with Crippen LogP contribution in [-0.2, 0) is 9.63 Å². The fourth-order valence-corrected chi connectivity index (χ4v) is 0.844. The van der Waals surface area contributed by atoms with E-state index in [9.17, 15) is 4.79 Å². The molecular formula is C10H11NO3. The van der Waals surface area contributed by atoms with Crippen molar-refractivity contribution in [2.45, 2.75) is 6.92 Å². The summed E-state index contributed by atoms with van der Waals surface area (Å²) in [4.78, 5) is 15.7. The third kappa shape index (κ3) is 2.90. The minimum Gasteiger partial charge on any atom is -0.422 e. The highest BCUT2D eigenvalue weighted by Gasteiger charge is 2.08. The Morgan fingerprint density at radius 3 is 2.50 bits per heavy atom. The van der Waals surface area contributed by atoms with E-state index in [0.717, 1.165) is 0 Å². The summed E-state index contributed by atoms with van der Waals surface area (Å²) in [5.74, 6) is -0.0267. The minimum absolute atomic E-state index is 0.177. The van der Waals surface area contributed by atoms with Crippen LogP contribution in [0.5, 0.6) is 5.75 Å². The maximum absolute atomic E-state index is 11.3. The summed E-state index contributed by atoms with van der Waals surface area (Å²) in [6, 6.07) is 8.79. The molecule has 0 bridgehead atoms. The SMILES string of the molecule is CON=C(C)C(=O)Oc1ccccc1. The van der Waals surface area contributed by atoms with Gasteiger partial charge in [0, 0.05) is 0 Å². The van der Waals surface area contributed by atoms with Gasteiger partial charge in [0.1, 0.15) is 12.9 Å². The highest BCUT2D eigenvalue weighted by Crippen LogP contribution is 2.08. The van der Waals surface area contributed by atoms with Gasteiger partial charge >= 0.3 is 5.97 Å². The molecule has 0 atom stereocenters. The van der Waals surface area contributed by atoms with Gasteiger partial charge in [-0.3, -0.25) is 0 Å². The molecule has 0 aliphatic rings. The summed E-state index contributed by atoms with van der Waals surface area (Å²) in [5, 5.41) is 3.46. The molecule has 0 fully saturated rings. The zero-order chi connectivity index (χ0) is 10.4. The normalized spacial score (nSPS) is 10.9. The van der Waals surface area contributed by atoms with Crippen LogP contribution < -0.4 is 4.74 Å². The Kier molecular flexibility index (Phi) is 3.67. The van der Waals surface area contributed by atoms with Crippen molar-refractivity contribution >= 4 is 11.7 Å². The number of benzene rings is 1. The van der Waals surface area contributed by atoms with Crippen molar-refractivity contribution in [3.8, 4) is 5.75 Å². The van der Waals surface area contributed by atoms with Crippen molar-refractivity contribution < 1.29 is 14.4 Å². The number of hydrogen-bond donors (Lipinski definition) is 0. The number of para-hydroxylation sites is 1. The summed E-state index contributed by atoms with van der Waals surface area (Å²) in [5.41, 5.74) is 0.177. The topological polar surface area (TPSA) is 47.9 Å². The van der Waals surface area contributed by atoms with Crippen LogP contribution in [0.25, 0.3) is 0 Å². The molecule has 0 aromatic heterocycles. The lowest BCUT2D eigenvalue weighted by Crippen LogP contribution is -2.17. The van der Waals surface area contributed by atoms with Gasteiger partial charge in [-0.2, -0.15) is 0 Å². The summed E-state index contributed by atoms with van der Waals surface area (Å²) in [6.45, 7) is 1.52. The molecule has 4 heteroatoms. The van der Waals surface area contributed by atoms with Crippen LogP contribution in [0.1, 0.15) is 6.92 Å². The molecule has 0 unspecified atom stereocenters. The summed E-state index contributed by atoms with van der Waals surface area (Å²) in [6.07, 6.45) is 0. The number of carbonyl (C=O) groups excluding carboxylic acids is 1. The molecule has 1 aromatic rings. The van der Waals surface area contributed by atoms with Crippen LogP contribution in [0.2, 0.25) is 0 Å². The van der Waals surface area contributed by atoms with Crippen LogP contribution >= 0.6 is 0 Å². The van der Waals surface area contributed by atoms with Gasteiger partial charge in [-0.25, -0.2) is 4.79 Å². The zero-order valence-electron chi connectivity index (χ0n) is 8.06. The summed E-state index contributed by atoms with van der Waals surface area (Å²) >= 11 is 0. The van der Waals surface area contributed by atoms with Gasteiger partial charge in [0.05, 0.1) is 0 Å².